The Kier molecular flexibility index (Phi) is 5.08. The lowest BCUT2D eigenvalue weighted by Gasteiger charge is -2.11. The monoisotopic (exact) mass is 332 g/mol. The second-order valence-electron chi connectivity index (χ2n) is 4.20. The molecule has 1 aromatic heterocycles. The van der Waals surface area contributed by atoms with E-state index >= 15 is 0 Å². The van der Waals surface area contributed by atoms with Crippen LogP contribution in [0.4, 0.5) is 10.2 Å². The fourth-order valence-corrected chi connectivity index (χ4v) is 2.49. The van der Waals surface area contributed by atoms with Crippen LogP contribution in [-0.2, 0) is 0 Å². The maximum Gasteiger partial charge on any atom is 0.145 e. The molecular formula is C14H12Cl3FN2. The Bertz CT molecular complexity index is 632. The van der Waals surface area contributed by atoms with Gasteiger partial charge >= 0.3 is 0 Å². The smallest absolute Gasteiger partial charge is 0.145 e. The molecule has 0 aliphatic carbocycles. The second-order valence-corrected chi connectivity index (χ2v) is 5.42. The Balaban J connectivity index is 2.50. The van der Waals surface area contributed by atoms with Gasteiger partial charge in [0.2, 0.25) is 0 Å². The lowest BCUT2D eigenvalue weighted by Crippen LogP contribution is -2.03. The summed E-state index contributed by atoms with van der Waals surface area (Å²) in [6, 6.07) is 5.68. The molecule has 0 spiro atoms. The van der Waals surface area contributed by atoms with E-state index in [4.69, 9.17) is 34.8 Å². The largest absolute Gasteiger partial charge is 0.369 e. The molecular weight excluding hydrogens is 322 g/mol. The quantitative estimate of drug-likeness (QED) is 0.779. The van der Waals surface area contributed by atoms with Crippen molar-refractivity contribution in [2.24, 2.45) is 0 Å². The van der Waals surface area contributed by atoms with Crippen LogP contribution in [0.1, 0.15) is 13.3 Å². The van der Waals surface area contributed by atoms with Gasteiger partial charge in [0.05, 0.1) is 20.8 Å². The number of benzene rings is 1. The summed E-state index contributed by atoms with van der Waals surface area (Å²) in [5, 5.41) is 4.17. The number of nitrogens with one attached hydrogen (secondary N) is 1. The SMILES string of the molecule is CCCNc1nc(-c2ccc(F)cc2Cl)c(Cl)cc1Cl. The van der Waals surface area contributed by atoms with E-state index < -0.39 is 5.82 Å². The molecule has 0 saturated carbocycles. The summed E-state index contributed by atoms with van der Waals surface area (Å²) in [5.74, 6) is 0.126. The third kappa shape index (κ3) is 3.35. The van der Waals surface area contributed by atoms with Crippen molar-refractivity contribution < 1.29 is 4.39 Å². The van der Waals surface area contributed by atoms with Gasteiger partial charge < -0.3 is 5.32 Å². The van der Waals surface area contributed by atoms with Crippen molar-refractivity contribution in [3.63, 3.8) is 0 Å². The maximum atomic E-state index is 13.1. The molecule has 0 aliphatic heterocycles. The minimum absolute atomic E-state index is 0.253. The Labute approximate surface area is 131 Å². The molecule has 2 nitrogen and oxygen atoms in total. The molecule has 20 heavy (non-hydrogen) atoms. The van der Waals surface area contributed by atoms with Crippen LogP contribution in [0, 0.1) is 5.82 Å². The molecule has 0 fully saturated rings. The number of rotatable bonds is 4. The minimum Gasteiger partial charge on any atom is -0.369 e. The number of halogens is 4. The number of nitrogens with zero attached hydrogens (tertiary/aromatic N) is 1. The van der Waals surface area contributed by atoms with E-state index in [-0.39, 0.29) is 5.02 Å². The van der Waals surface area contributed by atoms with E-state index in [9.17, 15) is 4.39 Å². The summed E-state index contributed by atoms with van der Waals surface area (Å²) in [7, 11) is 0. The van der Waals surface area contributed by atoms with Crippen molar-refractivity contribution in [2.75, 3.05) is 11.9 Å². The van der Waals surface area contributed by atoms with Crippen LogP contribution < -0.4 is 5.32 Å². The Morgan fingerprint density at radius 2 is 1.85 bits per heavy atom. The van der Waals surface area contributed by atoms with Crippen molar-refractivity contribution in [3.05, 3.63) is 45.2 Å². The van der Waals surface area contributed by atoms with Gasteiger partial charge in [-0.25, -0.2) is 9.37 Å². The van der Waals surface area contributed by atoms with E-state index in [1.165, 1.54) is 12.1 Å². The van der Waals surface area contributed by atoms with Crippen LogP contribution in [0.2, 0.25) is 15.1 Å². The van der Waals surface area contributed by atoms with Crippen LogP contribution in [0.25, 0.3) is 11.3 Å². The summed E-state index contributed by atoms with van der Waals surface area (Å²) in [6.07, 6.45) is 0.938. The summed E-state index contributed by atoms with van der Waals surface area (Å²) < 4.78 is 13.1. The van der Waals surface area contributed by atoms with Crippen molar-refractivity contribution in [1.82, 2.24) is 4.98 Å². The Hall–Kier alpha value is -1.03. The Morgan fingerprint density at radius 3 is 2.50 bits per heavy atom. The first kappa shape index (κ1) is 15.4. The molecule has 0 atom stereocenters. The van der Waals surface area contributed by atoms with Crippen molar-refractivity contribution in [3.8, 4) is 11.3 Å². The molecule has 0 bridgehead atoms. The molecule has 6 heteroatoms. The molecule has 1 aromatic carbocycles. The van der Waals surface area contributed by atoms with Crippen molar-refractivity contribution in [2.45, 2.75) is 13.3 Å². The predicted molar refractivity (Wildman–Crippen MR) is 83.4 cm³/mol. The van der Waals surface area contributed by atoms with Gasteiger partial charge in [-0.3, -0.25) is 0 Å². The summed E-state index contributed by atoms with van der Waals surface area (Å²) in [6.45, 7) is 2.78. The molecule has 0 radical (unpaired) electrons. The first-order valence-electron chi connectivity index (χ1n) is 6.08. The van der Waals surface area contributed by atoms with E-state index in [1.54, 1.807) is 12.1 Å². The fraction of sp³-hybridized carbons (Fsp3) is 0.214. The van der Waals surface area contributed by atoms with E-state index in [0.29, 0.717) is 27.1 Å². The lowest BCUT2D eigenvalue weighted by atomic mass is 10.1. The Morgan fingerprint density at radius 1 is 1.10 bits per heavy atom. The van der Waals surface area contributed by atoms with Crippen LogP contribution >= 0.6 is 34.8 Å². The second kappa shape index (κ2) is 6.61. The van der Waals surface area contributed by atoms with Crippen LogP contribution in [0.3, 0.4) is 0 Å². The summed E-state index contributed by atoms with van der Waals surface area (Å²) >= 11 is 18.3. The van der Waals surface area contributed by atoms with Crippen LogP contribution in [-0.4, -0.2) is 11.5 Å². The molecule has 0 unspecified atom stereocenters. The number of anilines is 1. The van der Waals surface area contributed by atoms with Gasteiger partial charge in [-0.05, 0) is 30.7 Å². The third-order valence-electron chi connectivity index (χ3n) is 2.66. The zero-order chi connectivity index (χ0) is 14.7. The van der Waals surface area contributed by atoms with E-state index in [0.717, 1.165) is 13.0 Å². The fourth-order valence-electron chi connectivity index (χ4n) is 1.70. The molecule has 0 amide bonds. The predicted octanol–water partition coefficient (Wildman–Crippen LogP) is 5.67. The van der Waals surface area contributed by atoms with Gasteiger partial charge in [0.25, 0.3) is 0 Å². The highest BCUT2D eigenvalue weighted by Gasteiger charge is 2.14. The number of hydrogen-bond acceptors (Lipinski definition) is 2. The highest BCUT2D eigenvalue weighted by atomic mass is 35.5. The number of aromatic nitrogens is 1. The average molecular weight is 334 g/mol. The molecule has 0 saturated heterocycles. The number of hydrogen-bond donors (Lipinski definition) is 1. The van der Waals surface area contributed by atoms with Gasteiger partial charge in [-0.2, -0.15) is 0 Å². The van der Waals surface area contributed by atoms with Crippen LogP contribution in [0.5, 0.6) is 0 Å². The summed E-state index contributed by atoms with van der Waals surface area (Å²) in [5.41, 5.74) is 1.04. The molecule has 1 N–H and O–H groups in total. The highest BCUT2D eigenvalue weighted by molar-refractivity contribution is 6.38. The molecule has 2 rings (SSSR count). The third-order valence-corrected chi connectivity index (χ3v) is 3.55. The number of pyridine rings is 1. The van der Waals surface area contributed by atoms with Crippen LogP contribution in [0.15, 0.2) is 24.3 Å². The molecule has 106 valence electrons. The van der Waals surface area contributed by atoms with Gasteiger partial charge in [-0.1, -0.05) is 41.7 Å². The van der Waals surface area contributed by atoms with Gasteiger partial charge in [-0.15, -0.1) is 0 Å². The van der Waals surface area contributed by atoms with Gasteiger partial charge in [0, 0.05) is 12.1 Å². The molecule has 2 aromatic rings. The minimum atomic E-state index is -0.409. The van der Waals surface area contributed by atoms with E-state index in [2.05, 4.69) is 10.3 Å². The maximum absolute atomic E-state index is 13.1. The zero-order valence-corrected chi connectivity index (χ0v) is 13.0. The first-order chi connectivity index (χ1) is 9.52. The first-order valence-corrected chi connectivity index (χ1v) is 7.21. The zero-order valence-electron chi connectivity index (χ0n) is 10.7. The van der Waals surface area contributed by atoms with Gasteiger partial charge in [0.1, 0.15) is 11.6 Å². The molecule has 1 heterocycles. The normalized spacial score (nSPS) is 10.7. The average Bonchev–Trinajstić information content (AvgIpc) is 2.39. The standard InChI is InChI=1S/C14H12Cl3FN2/c1-2-5-19-14-12(17)7-11(16)13(20-14)9-4-3-8(18)6-10(9)15/h3-4,6-7H,2,5H2,1H3,(H,19,20). The topological polar surface area (TPSA) is 24.9 Å². The highest BCUT2D eigenvalue weighted by Crippen LogP contribution is 2.36. The van der Waals surface area contributed by atoms with Crippen molar-refractivity contribution >= 4 is 40.6 Å². The summed E-state index contributed by atoms with van der Waals surface area (Å²) in [4.78, 5) is 4.39. The lowest BCUT2D eigenvalue weighted by molar-refractivity contribution is 0.628. The van der Waals surface area contributed by atoms with Gasteiger partial charge in [0.15, 0.2) is 0 Å². The van der Waals surface area contributed by atoms with Crippen molar-refractivity contribution in [1.29, 1.82) is 0 Å². The molecule has 0 aliphatic rings. The van der Waals surface area contributed by atoms with E-state index in [1.807, 2.05) is 6.92 Å².